The predicted octanol–water partition coefficient (Wildman–Crippen LogP) is 1.08. The zero-order valence-corrected chi connectivity index (χ0v) is 23.6. The number of nitrogens with zero attached hydrogens (tertiary/aromatic N) is 3. The molecule has 2 aliphatic rings. The zero-order chi connectivity index (χ0) is 28.3. The van der Waals surface area contributed by atoms with Crippen LogP contribution in [0, 0.1) is 0 Å². The maximum Gasteiger partial charge on any atom is 0.255 e. The number of aliphatic hydroxyl groups is 2. The molecule has 212 valence electrons. The van der Waals surface area contributed by atoms with Crippen LogP contribution in [-0.2, 0) is 19.4 Å². The first-order valence-electron chi connectivity index (χ1n) is 12.7. The Balaban J connectivity index is 1.43. The van der Waals surface area contributed by atoms with Crippen molar-refractivity contribution in [1.29, 1.82) is 0 Å². The van der Waals surface area contributed by atoms with Gasteiger partial charge in [0, 0.05) is 32.1 Å². The summed E-state index contributed by atoms with van der Waals surface area (Å²) in [7, 11) is -3.62. The van der Waals surface area contributed by atoms with Crippen LogP contribution in [0.25, 0.3) is 0 Å². The van der Waals surface area contributed by atoms with Crippen molar-refractivity contribution in [2.75, 3.05) is 36.2 Å². The highest BCUT2D eigenvalue weighted by atomic mass is 32.2. The van der Waals surface area contributed by atoms with Gasteiger partial charge >= 0.3 is 0 Å². The number of rotatable bonds is 10. The summed E-state index contributed by atoms with van der Waals surface area (Å²) in [5.41, 5.74) is 5.09. The highest BCUT2D eigenvalue weighted by molar-refractivity contribution is 7.92. The number of likely N-dealkylation sites (tertiary alicyclic amines) is 1. The molecule has 3 heterocycles. The molecular formula is C25H34N6O6S2. The van der Waals surface area contributed by atoms with Gasteiger partial charge in [0.25, 0.3) is 11.8 Å². The van der Waals surface area contributed by atoms with Gasteiger partial charge in [0.15, 0.2) is 27.2 Å². The van der Waals surface area contributed by atoms with Crippen molar-refractivity contribution in [3.63, 3.8) is 0 Å². The fourth-order valence-electron chi connectivity index (χ4n) is 4.63. The molecule has 14 heteroatoms. The molecule has 2 aliphatic heterocycles. The highest BCUT2D eigenvalue weighted by Crippen LogP contribution is 2.39. The minimum atomic E-state index is -3.62. The van der Waals surface area contributed by atoms with Crippen molar-refractivity contribution in [3.05, 3.63) is 47.8 Å². The van der Waals surface area contributed by atoms with Gasteiger partial charge in [0.05, 0.1) is 23.5 Å². The first-order valence-corrected chi connectivity index (χ1v) is 15.4. The van der Waals surface area contributed by atoms with Gasteiger partial charge in [-0.3, -0.25) is 14.6 Å². The largest absolute Gasteiger partial charge is 0.380 e. The number of hydrazine groups is 1. The van der Waals surface area contributed by atoms with Gasteiger partial charge < -0.3 is 25.7 Å². The van der Waals surface area contributed by atoms with Crippen molar-refractivity contribution >= 4 is 43.8 Å². The summed E-state index contributed by atoms with van der Waals surface area (Å²) < 4.78 is 24.9. The lowest BCUT2D eigenvalue weighted by atomic mass is 10.1. The molecule has 4 rings (SSSR count). The van der Waals surface area contributed by atoms with Gasteiger partial charge in [-0.15, -0.1) is 0 Å². The van der Waals surface area contributed by atoms with Crippen LogP contribution in [0.5, 0.6) is 0 Å². The van der Waals surface area contributed by atoms with Crippen LogP contribution < -0.4 is 21.1 Å². The van der Waals surface area contributed by atoms with E-state index in [0.717, 1.165) is 35.4 Å². The molecule has 39 heavy (non-hydrogen) atoms. The van der Waals surface area contributed by atoms with Crippen LogP contribution in [0.1, 0.15) is 50.0 Å². The van der Waals surface area contributed by atoms with Gasteiger partial charge in [0.2, 0.25) is 0 Å². The van der Waals surface area contributed by atoms with Crippen LogP contribution >= 0.6 is 11.3 Å². The Hall–Kier alpha value is -3.04. The normalized spacial score (nSPS) is 19.7. The lowest BCUT2D eigenvalue weighted by Gasteiger charge is -2.28. The van der Waals surface area contributed by atoms with E-state index in [-0.39, 0.29) is 16.4 Å². The summed E-state index contributed by atoms with van der Waals surface area (Å²) >= 11 is 0.990. The summed E-state index contributed by atoms with van der Waals surface area (Å²) in [6.45, 7) is 5.10. The highest BCUT2D eigenvalue weighted by Gasteiger charge is 2.41. The number of amides is 2. The second-order valence-corrected chi connectivity index (χ2v) is 12.7. The third-order valence-electron chi connectivity index (χ3n) is 6.62. The molecular weight excluding hydrogens is 544 g/mol. The Morgan fingerprint density at radius 3 is 2.56 bits per heavy atom. The SMILES string of the molecule is CCNc1nc([C@H]2CCCN2C(=O)[C@H](O)[C@@H](O)C(=O)N[C@H](C)c2ccc(N3C=CCN3)cc2)c(S(C)(=O)=O)s1. The molecule has 5 N–H and O–H groups in total. The number of nitrogens with one attached hydrogen (secondary N) is 3. The number of carbonyl (C=O) groups excluding carboxylic acids is 2. The van der Waals surface area contributed by atoms with Crippen LogP contribution in [-0.4, -0.2) is 78.4 Å². The van der Waals surface area contributed by atoms with Gasteiger partial charge in [0.1, 0.15) is 4.21 Å². The van der Waals surface area contributed by atoms with Crippen molar-refractivity contribution in [2.24, 2.45) is 0 Å². The van der Waals surface area contributed by atoms with Crippen molar-refractivity contribution in [2.45, 2.75) is 55.2 Å². The topological polar surface area (TPSA) is 164 Å². The number of sulfone groups is 1. The summed E-state index contributed by atoms with van der Waals surface area (Å²) in [5.74, 6) is -1.76. The van der Waals surface area contributed by atoms with E-state index in [1.807, 2.05) is 48.5 Å². The zero-order valence-electron chi connectivity index (χ0n) is 22.0. The fraction of sp³-hybridized carbons (Fsp3) is 0.480. The van der Waals surface area contributed by atoms with Crippen molar-refractivity contribution in [1.82, 2.24) is 20.6 Å². The molecule has 0 unspecified atom stereocenters. The van der Waals surface area contributed by atoms with Crippen LogP contribution in [0.4, 0.5) is 10.8 Å². The van der Waals surface area contributed by atoms with E-state index in [0.29, 0.717) is 24.5 Å². The molecule has 0 spiro atoms. The minimum absolute atomic E-state index is 0.0484. The Morgan fingerprint density at radius 1 is 1.23 bits per heavy atom. The van der Waals surface area contributed by atoms with Crippen LogP contribution in [0.15, 0.2) is 40.8 Å². The molecule has 0 saturated carbocycles. The lowest BCUT2D eigenvalue weighted by molar-refractivity contribution is -0.154. The van der Waals surface area contributed by atoms with Gasteiger partial charge in [-0.25, -0.2) is 18.8 Å². The number of aromatic nitrogens is 1. The molecule has 12 nitrogen and oxygen atoms in total. The fourth-order valence-corrected chi connectivity index (χ4v) is 6.86. The molecule has 1 fully saturated rings. The van der Waals surface area contributed by atoms with Crippen LogP contribution in [0.2, 0.25) is 0 Å². The van der Waals surface area contributed by atoms with Crippen LogP contribution in [0.3, 0.4) is 0 Å². The molecule has 1 aromatic carbocycles. The Labute approximate surface area is 231 Å². The number of aliphatic hydroxyl groups excluding tert-OH is 2. The van der Waals surface area contributed by atoms with Gasteiger partial charge in [-0.1, -0.05) is 29.5 Å². The maximum absolute atomic E-state index is 13.2. The number of thiazole rings is 1. The lowest BCUT2D eigenvalue weighted by Crippen LogP contribution is -2.51. The quantitative estimate of drug-likeness (QED) is 0.276. The van der Waals surface area contributed by atoms with E-state index in [4.69, 9.17) is 0 Å². The van der Waals surface area contributed by atoms with E-state index >= 15 is 0 Å². The monoisotopic (exact) mass is 578 g/mol. The molecule has 0 bridgehead atoms. The second kappa shape index (κ2) is 12.0. The summed E-state index contributed by atoms with van der Waals surface area (Å²) in [5, 5.41) is 29.2. The average molecular weight is 579 g/mol. The third-order valence-corrected chi connectivity index (χ3v) is 9.49. The van der Waals surface area contributed by atoms with E-state index in [9.17, 15) is 28.2 Å². The first-order chi connectivity index (χ1) is 18.5. The maximum atomic E-state index is 13.2. The van der Waals surface area contributed by atoms with E-state index in [2.05, 4.69) is 21.0 Å². The average Bonchev–Trinajstić information content (AvgIpc) is 3.68. The first kappa shape index (κ1) is 29.0. The third kappa shape index (κ3) is 6.41. The molecule has 4 atom stereocenters. The Kier molecular flexibility index (Phi) is 8.91. The van der Waals surface area contributed by atoms with Gasteiger partial charge in [-0.2, -0.15) is 0 Å². The number of carbonyl (C=O) groups is 2. The molecule has 0 aliphatic carbocycles. The van der Waals surface area contributed by atoms with Gasteiger partial charge in [-0.05, 0) is 44.4 Å². The van der Waals surface area contributed by atoms with Crippen molar-refractivity contribution < 1.29 is 28.2 Å². The number of benzene rings is 1. The molecule has 0 radical (unpaired) electrons. The standard InChI is InChI=1S/C25H34N6O6S2/c1-4-26-25-29-19(24(38-25)39(3,36)37)18-7-5-13-30(18)23(35)21(33)20(32)22(34)28-15(2)16-8-10-17(11-9-16)31-14-6-12-27-31/h6,8-11,14-15,18,20-21,27,32-33H,4-5,7,12-13H2,1-3H3,(H,26,29)(H,28,34)/t15-,18-,20-,21-/m1/s1. The van der Waals surface area contributed by atoms with Crippen molar-refractivity contribution in [3.8, 4) is 0 Å². The minimum Gasteiger partial charge on any atom is -0.380 e. The Bertz CT molecular complexity index is 1330. The summed E-state index contributed by atoms with van der Waals surface area (Å²) in [4.78, 5) is 31.7. The van der Waals surface area contributed by atoms with E-state index in [1.165, 1.54) is 4.90 Å². The Morgan fingerprint density at radius 2 is 1.95 bits per heavy atom. The number of hydrogen-bond donors (Lipinski definition) is 5. The second-order valence-electron chi connectivity index (χ2n) is 9.51. The smallest absolute Gasteiger partial charge is 0.255 e. The number of anilines is 2. The molecule has 1 aromatic heterocycles. The van der Waals surface area contributed by atoms with E-state index < -0.39 is 45.9 Å². The van der Waals surface area contributed by atoms with E-state index in [1.54, 1.807) is 6.92 Å². The summed E-state index contributed by atoms with van der Waals surface area (Å²) in [6, 6.07) is 6.24. The molecule has 1 saturated heterocycles. The predicted molar refractivity (Wildman–Crippen MR) is 148 cm³/mol. The summed E-state index contributed by atoms with van der Waals surface area (Å²) in [6.07, 6.45) is 1.93. The number of hydrogen-bond acceptors (Lipinski definition) is 11. The molecule has 2 amide bonds. The molecule has 2 aromatic rings.